The molecule has 0 atom stereocenters. The van der Waals surface area contributed by atoms with Crippen LogP contribution in [0.15, 0.2) is 29.4 Å². The number of nitrogens with zero attached hydrogens (tertiary/aromatic N) is 2. The first-order valence-corrected chi connectivity index (χ1v) is 6.07. The van der Waals surface area contributed by atoms with Crippen LogP contribution in [0.4, 0.5) is 10.5 Å². The van der Waals surface area contributed by atoms with E-state index in [1.165, 1.54) is 0 Å². The van der Waals surface area contributed by atoms with E-state index in [-0.39, 0.29) is 0 Å². The summed E-state index contributed by atoms with van der Waals surface area (Å²) >= 11 is 0. The molecule has 0 saturated heterocycles. The topological polar surface area (TPSA) is 53.9 Å². The molecule has 1 amide bonds. The molecule has 0 saturated carbocycles. The number of carbonyl (C=O) groups excluding carboxylic acids is 1. The number of amides is 1. The number of carbonyl (C=O) groups is 1. The first-order valence-electron chi connectivity index (χ1n) is 6.07. The van der Waals surface area contributed by atoms with Gasteiger partial charge in [-0.3, -0.25) is 0 Å². The third kappa shape index (κ3) is 5.90. The van der Waals surface area contributed by atoms with Gasteiger partial charge in [0.2, 0.25) is 0 Å². The summed E-state index contributed by atoms with van der Waals surface area (Å²) in [5.41, 5.74) is 3.81. The van der Waals surface area contributed by atoms with E-state index in [1.807, 2.05) is 43.3 Å². The van der Waals surface area contributed by atoms with Crippen LogP contribution < -0.4 is 10.3 Å². The maximum absolute atomic E-state index is 11.3. The Kier molecular flexibility index (Phi) is 4.92. The predicted octanol–water partition coefficient (Wildman–Crippen LogP) is 2.61. The molecule has 0 fully saturated rings. The van der Waals surface area contributed by atoms with E-state index < -0.39 is 11.7 Å². The Balaban J connectivity index is 2.51. The zero-order chi connectivity index (χ0) is 14.5. The molecule has 0 heterocycles. The highest BCUT2D eigenvalue weighted by molar-refractivity contribution is 5.81. The molecule has 0 unspecified atom stereocenters. The minimum absolute atomic E-state index is 0.521. The minimum Gasteiger partial charge on any atom is -0.443 e. The molecule has 1 N–H and O–H groups in total. The van der Waals surface area contributed by atoms with Gasteiger partial charge in [0.25, 0.3) is 0 Å². The van der Waals surface area contributed by atoms with E-state index in [0.717, 1.165) is 11.3 Å². The molecule has 19 heavy (non-hydrogen) atoms. The van der Waals surface area contributed by atoms with Crippen molar-refractivity contribution in [3.05, 3.63) is 29.8 Å². The second-order valence-corrected chi connectivity index (χ2v) is 5.36. The lowest BCUT2D eigenvalue weighted by Crippen LogP contribution is -2.29. The molecule has 0 aliphatic heterocycles. The molecule has 0 aromatic heterocycles. The summed E-state index contributed by atoms with van der Waals surface area (Å²) in [6.45, 7) is 5.41. The summed E-state index contributed by atoms with van der Waals surface area (Å²) < 4.78 is 5.06. The normalized spacial score (nSPS) is 11.4. The number of hydrogen-bond donors (Lipinski definition) is 1. The Hall–Kier alpha value is -2.04. The quantitative estimate of drug-likeness (QED) is 0.673. The number of hydrogen-bond acceptors (Lipinski definition) is 4. The van der Waals surface area contributed by atoms with Gasteiger partial charge in [0.05, 0.1) is 6.21 Å². The first-order chi connectivity index (χ1) is 8.78. The third-order valence-corrected chi connectivity index (χ3v) is 2.18. The van der Waals surface area contributed by atoms with Gasteiger partial charge >= 0.3 is 6.09 Å². The molecule has 0 radical (unpaired) electrons. The first kappa shape index (κ1) is 15.0. The van der Waals surface area contributed by atoms with Crippen molar-refractivity contribution >= 4 is 18.0 Å². The van der Waals surface area contributed by atoms with E-state index in [2.05, 4.69) is 10.5 Å². The lowest BCUT2D eigenvalue weighted by Gasteiger charge is -2.18. The van der Waals surface area contributed by atoms with E-state index in [0.29, 0.717) is 0 Å². The fraction of sp³-hybridized carbons (Fsp3) is 0.429. The van der Waals surface area contributed by atoms with Crippen molar-refractivity contribution < 1.29 is 9.53 Å². The van der Waals surface area contributed by atoms with Crippen LogP contribution in [0.25, 0.3) is 0 Å². The highest BCUT2D eigenvalue weighted by Gasteiger charge is 2.15. The number of hydrazone groups is 1. The van der Waals surface area contributed by atoms with Crippen molar-refractivity contribution in [1.29, 1.82) is 0 Å². The van der Waals surface area contributed by atoms with Crippen LogP contribution in [-0.4, -0.2) is 32.0 Å². The molecule has 0 aliphatic rings. The molecule has 104 valence electrons. The van der Waals surface area contributed by atoms with Gasteiger partial charge in [-0.05, 0) is 38.5 Å². The lowest BCUT2D eigenvalue weighted by atomic mass is 10.2. The van der Waals surface area contributed by atoms with Gasteiger partial charge in [0, 0.05) is 19.8 Å². The van der Waals surface area contributed by atoms with Crippen molar-refractivity contribution in [2.45, 2.75) is 26.4 Å². The van der Waals surface area contributed by atoms with Gasteiger partial charge in [0.1, 0.15) is 5.60 Å². The van der Waals surface area contributed by atoms with Crippen LogP contribution in [0.1, 0.15) is 26.3 Å². The summed E-state index contributed by atoms with van der Waals surface area (Å²) in [6.07, 6.45) is 1.01. The molecule has 0 spiro atoms. The zero-order valence-corrected chi connectivity index (χ0v) is 12.1. The number of ether oxygens (including phenoxy) is 1. The van der Waals surface area contributed by atoms with Gasteiger partial charge in [-0.1, -0.05) is 12.1 Å². The van der Waals surface area contributed by atoms with Crippen molar-refractivity contribution in [3.63, 3.8) is 0 Å². The van der Waals surface area contributed by atoms with Crippen LogP contribution in [-0.2, 0) is 4.74 Å². The third-order valence-electron chi connectivity index (χ3n) is 2.18. The maximum Gasteiger partial charge on any atom is 0.428 e. The van der Waals surface area contributed by atoms with Crippen LogP contribution in [0.2, 0.25) is 0 Å². The van der Waals surface area contributed by atoms with Gasteiger partial charge in [-0.25, -0.2) is 10.2 Å². The summed E-state index contributed by atoms with van der Waals surface area (Å²) in [7, 11) is 3.96. The molecule has 1 rings (SSSR count). The van der Waals surface area contributed by atoms with Crippen molar-refractivity contribution in [2.75, 3.05) is 19.0 Å². The SMILES string of the molecule is CN(C)c1ccc(/C=N\NC(=O)OC(C)(C)C)cc1. The minimum atomic E-state index is -0.561. The van der Waals surface area contributed by atoms with Crippen molar-refractivity contribution in [2.24, 2.45) is 5.10 Å². The zero-order valence-electron chi connectivity index (χ0n) is 12.1. The predicted molar refractivity (Wildman–Crippen MR) is 77.7 cm³/mol. The van der Waals surface area contributed by atoms with E-state index in [4.69, 9.17) is 4.74 Å². The monoisotopic (exact) mass is 263 g/mol. The van der Waals surface area contributed by atoms with Crippen LogP contribution in [0.3, 0.4) is 0 Å². The lowest BCUT2D eigenvalue weighted by molar-refractivity contribution is 0.0529. The summed E-state index contributed by atoms with van der Waals surface area (Å²) in [5, 5.41) is 3.84. The molecule has 0 bridgehead atoms. The highest BCUT2D eigenvalue weighted by Crippen LogP contribution is 2.11. The largest absolute Gasteiger partial charge is 0.443 e. The smallest absolute Gasteiger partial charge is 0.428 e. The average molecular weight is 263 g/mol. The van der Waals surface area contributed by atoms with Gasteiger partial charge < -0.3 is 9.64 Å². The van der Waals surface area contributed by atoms with E-state index >= 15 is 0 Å². The fourth-order valence-corrected chi connectivity index (χ4v) is 1.32. The highest BCUT2D eigenvalue weighted by atomic mass is 16.6. The molecule has 1 aromatic carbocycles. The van der Waals surface area contributed by atoms with Crippen LogP contribution in [0, 0.1) is 0 Å². The molecule has 5 nitrogen and oxygen atoms in total. The Morgan fingerprint density at radius 1 is 1.26 bits per heavy atom. The number of anilines is 1. The molecular formula is C14H21N3O2. The van der Waals surface area contributed by atoms with Gasteiger partial charge in [-0.15, -0.1) is 0 Å². The van der Waals surface area contributed by atoms with Crippen molar-refractivity contribution in [3.8, 4) is 0 Å². The number of nitrogens with one attached hydrogen (secondary N) is 1. The Morgan fingerprint density at radius 3 is 2.32 bits per heavy atom. The summed E-state index contributed by atoms with van der Waals surface area (Å²) in [5.74, 6) is 0. The molecular weight excluding hydrogens is 242 g/mol. The van der Waals surface area contributed by atoms with E-state index in [1.54, 1.807) is 27.0 Å². The summed E-state index contributed by atoms with van der Waals surface area (Å²) in [6, 6.07) is 7.81. The van der Waals surface area contributed by atoms with Crippen molar-refractivity contribution in [1.82, 2.24) is 5.43 Å². The Morgan fingerprint density at radius 2 is 1.84 bits per heavy atom. The fourth-order valence-electron chi connectivity index (χ4n) is 1.32. The van der Waals surface area contributed by atoms with Gasteiger partial charge in [-0.2, -0.15) is 5.10 Å². The second kappa shape index (κ2) is 6.22. The van der Waals surface area contributed by atoms with Gasteiger partial charge in [0.15, 0.2) is 0 Å². The Bertz CT molecular complexity index is 445. The average Bonchev–Trinajstić information content (AvgIpc) is 2.27. The Labute approximate surface area is 114 Å². The van der Waals surface area contributed by atoms with Crippen LogP contribution >= 0.6 is 0 Å². The maximum atomic E-state index is 11.3. The molecule has 1 aromatic rings. The van der Waals surface area contributed by atoms with E-state index in [9.17, 15) is 4.79 Å². The molecule has 5 heteroatoms. The molecule has 0 aliphatic carbocycles. The summed E-state index contributed by atoms with van der Waals surface area (Å²) in [4.78, 5) is 13.4. The standard InChI is InChI=1S/C14H21N3O2/c1-14(2,3)19-13(18)16-15-10-11-6-8-12(9-7-11)17(4)5/h6-10H,1-5H3,(H,16,18)/b15-10-. The number of rotatable bonds is 3. The van der Waals surface area contributed by atoms with Crippen LogP contribution in [0.5, 0.6) is 0 Å². The second-order valence-electron chi connectivity index (χ2n) is 5.36. The number of benzene rings is 1.